The lowest BCUT2D eigenvalue weighted by Gasteiger charge is -2.06. The summed E-state index contributed by atoms with van der Waals surface area (Å²) >= 11 is 5.64. The van der Waals surface area contributed by atoms with Gasteiger partial charge in [0.1, 0.15) is 0 Å². The molecule has 2 heterocycles. The number of phenolic OH excluding ortho intramolecular Hbond substituents is 1. The number of nitrogens with zero attached hydrogens (tertiary/aromatic N) is 3. The molecule has 3 rings (SSSR count). The summed E-state index contributed by atoms with van der Waals surface area (Å²) in [6.07, 6.45) is 1.61. The molecule has 96 valence electrons. The highest BCUT2D eigenvalue weighted by atomic mass is 35.5. The van der Waals surface area contributed by atoms with E-state index in [2.05, 4.69) is 10.1 Å². The molecule has 3 N–H and O–H groups in total. The van der Waals surface area contributed by atoms with Gasteiger partial charge in [0.05, 0.1) is 5.02 Å². The number of fused-ring (bicyclic) bond motifs is 1. The van der Waals surface area contributed by atoms with Crippen molar-refractivity contribution in [2.75, 3.05) is 5.73 Å². The van der Waals surface area contributed by atoms with E-state index in [4.69, 9.17) is 17.3 Å². The van der Waals surface area contributed by atoms with Crippen molar-refractivity contribution in [2.45, 2.75) is 0 Å². The lowest BCUT2D eigenvalue weighted by molar-refractivity contribution is 0.434. The zero-order valence-electron chi connectivity index (χ0n) is 9.51. The second kappa shape index (κ2) is 4.10. The largest absolute Gasteiger partial charge is 0.504 e. The fourth-order valence-electron chi connectivity index (χ4n) is 1.83. The van der Waals surface area contributed by atoms with E-state index in [1.807, 2.05) is 0 Å². The lowest BCUT2D eigenvalue weighted by Crippen LogP contribution is -1.91. The van der Waals surface area contributed by atoms with Gasteiger partial charge >= 0.3 is 0 Å². The first kappa shape index (κ1) is 11.7. The highest BCUT2D eigenvalue weighted by Crippen LogP contribution is 2.34. The maximum absolute atomic E-state index is 14.0. The molecule has 3 aromatic rings. The van der Waals surface area contributed by atoms with Gasteiger partial charge in [0.25, 0.3) is 0 Å². The molecule has 0 bridgehead atoms. The molecule has 0 saturated heterocycles. The van der Waals surface area contributed by atoms with Crippen LogP contribution in [-0.4, -0.2) is 19.7 Å². The Hall–Kier alpha value is -2.34. The molecule has 2 aromatic heterocycles. The fourth-order valence-corrected chi connectivity index (χ4v) is 1.98. The topological polar surface area (TPSA) is 76.4 Å². The average molecular weight is 279 g/mol. The predicted molar refractivity (Wildman–Crippen MR) is 69.5 cm³/mol. The van der Waals surface area contributed by atoms with Gasteiger partial charge in [0.2, 0.25) is 5.95 Å². The zero-order chi connectivity index (χ0) is 13.6. The van der Waals surface area contributed by atoms with Crippen molar-refractivity contribution in [3.8, 4) is 16.9 Å². The van der Waals surface area contributed by atoms with Gasteiger partial charge in [-0.1, -0.05) is 11.6 Å². The van der Waals surface area contributed by atoms with Gasteiger partial charge in [-0.15, -0.1) is 5.10 Å². The fraction of sp³-hybridized carbons (Fsp3) is 0. The molecule has 0 radical (unpaired) electrons. The van der Waals surface area contributed by atoms with Gasteiger partial charge < -0.3 is 10.8 Å². The summed E-state index contributed by atoms with van der Waals surface area (Å²) < 4.78 is 15.4. The molecule has 19 heavy (non-hydrogen) atoms. The van der Waals surface area contributed by atoms with Crippen LogP contribution in [-0.2, 0) is 0 Å². The number of aromatic nitrogens is 3. The molecule has 0 unspecified atom stereocenters. The number of halogens is 2. The SMILES string of the molecule is Nc1nc2cc(-c3ccc(Cl)c(O)c3F)ccn2n1. The second-order valence-corrected chi connectivity index (χ2v) is 4.35. The Morgan fingerprint density at radius 3 is 2.89 bits per heavy atom. The minimum absolute atomic E-state index is 0.0333. The third-order valence-corrected chi connectivity index (χ3v) is 3.04. The Kier molecular flexibility index (Phi) is 2.53. The summed E-state index contributed by atoms with van der Waals surface area (Å²) in [5.74, 6) is -1.21. The molecule has 1 aromatic carbocycles. The Labute approximate surface area is 112 Å². The number of aromatic hydroxyl groups is 1. The third kappa shape index (κ3) is 1.86. The lowest BCUT2D eigenvalue weighted by atomic mass is 10.1. The van der Waals surface area contributed by atoms with E-state index in [1.165, 1.54) is 16.6 Å². The molecular weight excluding hydrogens is 271 g/mol. The van der Waals surface area contributed by atoms with E-state index in [1.54, 1.807) is 18.3 Å². The van der Waals surface area contributed by atoms with Crippen LogP contribution in [0.2, 0.25) is 5.02 Å². The van der Waals surface area contributed by atoms with E-state index < -0.39 is 11.6 Å². The number of benzene rings is 1. The van der Waals surface area contributed by atoms with Crippen LogP contribution in [0.15, 0.2) is 30.5 Å². The van der Waals surface area contributed by atoms with Crippen LogP contribution in [0.5, 0.6) is 5.75 Å². The Balaban J connectivity index is 2.21. The summed E-state index contributed by atoms with van der Waals surface area (Å²) in [5, 5.41) is 13.4. The van der Waals surface area contributed by atoms with Crippen LogP contribution < -0.4 is 5.73 Å². The summed E-state index contributed by atoms with van der Waals surface area (Å²) in [6, 6.07) is 6.18. The molecule has 0 saturated carbocycles. The van der Waals surface area contributed by atoms with Crippen molar-refractivity contribution >= 4 is 23.2 Å². The Bertz CT molecular complexity index is 787. The smallest absolute Gasteiger partial charge is 0.240 e. The Morgan fingerprint density at radius 1 is 1.32 bits per heavy atom. The molecule has 0 aliphatic heterocycles. The number of anilines is 1. The van der Waals surface area contributed by atoms with E-state index in [-0.39, 0.29) is 16.5 Å². The van der Waals surface area contributed by atoms with Crippen LogP contribution in [0.3, 0.4) is 0 Å². The highest BCUT2D eigenvalue weighted by molar-refractivity contribution is 6.32. The van der Waals surface area contributed by atoms with Gasteiger partial charge in [-0.05, 0) is 29.8 Å². The number of phenols is 1. The van der Waals surface area contributed by atoms with E-state index in [0.29, 0.717) is 11.2 Å². The van der Waals surface area contributed by atoms with Gasteiger partial charge in [0, 0.05) is 11.8 Å². The van der Waals surface area contributed by atoms with E-state index in [0.717, 1.165) is 0 Å². The first-order valence-corrected chi connectivity index (χ1v) is 5.73. The standard InChI is InChI=1S/C12H8ClFN4O/c13-8-2-1-7(10(14)11(8)19)6-3-4-18-9(5-6)16-12(15)17-18/h1-5,19H,(H2,15,17). The quantitative estimate of drug-likeness (QED) is 0.717. The minimum Gasteiger partial charge on any atom is -0.504 e. The number of rotatable bonds is 1. The number of nitrogens with two attached hydrogens (primary N) is 1. The number of nitrogen functional groups attached to an aromatic ring is 1. The summed E-state index contributed by atoms with van der Waals surface area (Å²) in [7, 11) is 0. The number of hydrogen-bond donors (Lipinski definition) is 2. The zero-order valence-corrected chi connectivity index (χ0v) is 10.3. The highest BCUT2D eigenvalue weighted by Gasteiger charge is 2.13. The van der Waals surface area contributed by atoms with E-state index in [9.17, 15) is 9.50 Å². The van der Waals surface area contributed by atoms with Crippen molar-refractivity contribution in [2.24, 2.45) is 0 Å². The summed E-state index contributed by atoms with van der Waals surface area (Å²) in [5.41, 5.74) is 6.74. The normalized spacial score (nSPS) is 11.1. The molecule has 0 amide bonds. The predicted octanol–water partition coefficient (Wildman–Crippen LogP) is 2.48. The molecular formula is C12H8ClFN4O. The summed E-state index contributed by atoms with van der Waals surface area (Å²) in [4.78, 5) is 3.99. The molecule has 0 spiro atoms. The van der Waals surface area contributed by atoms with Crippen molar-refractivity contribution in [3.63, 3.8) is 0 Å². The molecule has 5 nitrogen and oxygen atoms in total. The molecule has 0 aliphatic carbocycles. The number of pyridine rings is 1. The van der Waals surface area contributed by atoms with Crippen molar-refractivity contribution in [1.82, 2.24) is 14.6 Å². The van der Waals surface area contributed by atoms with Crippen molar-refractivity contribution in [3.05, 3.63) is 41.3 Å². The van der Waals surface area contributed by atoms with Gasteiger partial charge in [-0.2, -0.15) is 4.98 Å². The molecule has 7 heteroatoms. The van der Waals surface area contributed by atoms with Gasteiger partial charge in [-0.25, -0.2) is 8.91 Å². The third-order valence-electron chi connectivity index (χ3n) is 2.73. The minimum atomic E-state index is -0.774. The average Bonchev–Trinajstić information content (AvgIpc) is 2.75. The van der Waals surface area contributed by atoms with Crippen molar-refractivity contribution < 1.29 is 9.50 Å². The first-order chi connectivity index (χ1) is 9.06. The van der Waals surface area contributed by atoms with Crippen LogP contribution in [0.25, 0.3) is 16.8 Å². The van der Waals surface area contributed by atoms with Crippen LogP contribution in [0.4, 0.5) is 10.3 Å². The van der Waals surface area contributed by atoms with E-state index >= 15 is 0 Å². The van der Waals surface area contributed by atoms with Gasteiger partial charge in [-0.3, -0.25) is 0 Å². The monoisotopic (exact) mass is 278 g/mol. The molecule has 0 atom stereocenters. The van der Waals surface area contributed by atoms with Crippen LogP contribution in [0, 0.1) is 5.82 Å². The summed E-state index contributed by atoms with van der Waals surface area (Å²) in [6.45, 7) is 0. The maximum atomic E-state index is 14.0. The number of hydrogen-bond acceptors (Lipinski definition) is 4. The maximum Gasteiger partial charge on any atom is 0.240 e. The van der Waals surface area contributed by atoms with Crippen LogP contribution >= 0.6 is 11.6 Å². The Morgan fingerprint density at radius 2 is 2.11 bits per heavy atom. The van der Waals surface area contributed by atoms with Gasteiger partial charge in [0.15, 0.2) is 17.2 Å². The van der Waals surface area contributed by atoms with Crippen LogP contribution in [0.1, 0.15) is 0 Å². The molecule has 0 aliphatic rings. The van der Waals surface area contributed by atoms with Crippen molar-refractivity contribution in [1.29, 1.82) is 0 Å². The second-order valence-electron chi connectivity index (χ2n) is 3.95. The molecule has 0 fully saturated rings. The first-order valence-electron chi connectivity index (χ1n) is 5.35.